The molecule has 110 valence electrons. The maximum Gasteiger partial charge on any atom is 1.00 e. The minimum absolute atomic E-state index is 0. The van der Waals surface area contributed by atoms with Gasteiger partial charge >= 0.3 is 59.1 Å². The Kier molecular flexibility index (Phi) is 23.3. The second-order valence-corrected chi connectivity index (χ2v) is 5.38. The van der Waals surface area contributed by atoms with Gasteiger partial charge in [-0.3, -0.25) is 0 Å². The standard InChI is InChI=1S/C10H20N2O4.2ClH.2Na/c1-11(2,7-9(13)14)5-6-12(3,4)8-10(15)16;;;;/h5-8H2,1-4H3;2*1H;;/q;;;2*+1/p-2. The molecule has 0 fully saturated rings. The van der Waals surface area contributed by atoms with Crippen LogP contribution in [-0.4, -0.2) is 75.3 Å². The Balaban J connectivity index is -0.000000187. The van der Waals surface area contributed by atoms with Crippen LogP contribution < -0.4 is 94.1 Å². The first-order chi connectivity index (χ1) is 7.04. The van der Waals surface area contributed by atoms with Gasteiger partial charge in [0.1, 0.15) is 26.2 Å². The molecule has 0 aliphatic carbocycles. The van der Waals surface area contributed by atoms with Gasteiger partial charge in [-0.2, -0.15) is 0 Å². The number of carboxylic acid groups (broad SMARTS) is 2. The molecule has 0 bridgehead atoms. The van der Waals surface area contributed by atoms with Crippen LogP contribution in [0.3, 0.4) is 0 Å². The Morgan fingerprint density at radius 2 is 0.950 bits per heavy atom. The molecule has 0 saturated heterocycles. The summed E-state index contributed by atoms with van der Waals surface area (Å²) < 4.78 is 0.550. The average Bonchev–Trinajstić information content (AvgIpc) is 1.96. The molecular weight excluding hydrogens is 329 g/mol. The topological polar surface area (TPSA) is 80.3 Å². The van der Waals surface area contributed by atoms with Crippen LogP contribution in [0.5, 0.6) is 0 Å². The molecule has 0 heterocycles. The molecule has 0 aliphatic rings. The SMILES string of the molecule is C[N+](C)(CC[N+](C)(C)CC(=O)[O-])CC(=O)[O-].[Cl-].[Cl-].[Na+].[Na+]. The second kappa shape index (κ2) is 14.1. The van der Waals surface area contributed by atoms with E-state index in [1.165, 1.54) is 0 Å². The van der Waals surface area contributed by atoms with E-state index < -0.39 is 11.9 Å². The number of likely N-dealkylation sites (N-methyl/N-ethyl adjacent to an activating group) is 2. The van der Waals surface area contributed by atoms with Crippen LogP contribution in [0.1, 0.15) is 0 Å². The van der Waals surface area contributed by atoms with E-state index in [-0.39, 0.29) is 106 Å². The van der Waals surface area contributed by atoms with Crippen LogP contribution in [0.4, 0.5) is 0 Å². The molecule has 0 amide bonds. The van der Waals surface area contributed by atoms with E-state index >= 15 is 0 Å². The van der Waals surface area contributed by atoms with Crippen molar-refractivity contribution in [2.24, 2.45) is 0 Å². The van der Waals surface area contributed by atoms with Gasteiger partial charge in [-0.15, -0.1) is 0 Å². The zero-order valence-electron chi connectivity index (χ0n) is 13.1. The molecule has 0 aliphatic heterocycles. The number of aliphatic carboxylic acids is 2. The van der Waals surface area contributed by atoms with Crippen molar-refractivity contribution in [2.75, 3.05) is 54.4 Å². The molecule has 0 aromatic rings. The first kappa shape index (κ1) is 33.1. The minimum Gasteiger partial charge on any atom is -1.00 e. The Morgan fingerprint density at radius 1 is 0.750 bits per heavy atom. The van der Waals surface area contributed by atoms with E-state index in [1.54, 1.807) is 28.2 Å². The van der Waals surface area contributed by atoms with Gasteiger partial charge in [-0.1, -0.05) is 0 Å². The molecule has 10 heteroatoms. The minimum atomic E-state index is -1.10. The zero-order valence-corrected chi connectivity index (χ0v) is 18.6. The van der Waals surface area contributed by atoms with Crippen LogP contribution in [-0.2, 0) is 9.59 Å². The zero-order chi connectivity index (χ0) is 13.0. The molecule has 20 heavy (non-hydrogen) atoms. The van der Waals surface area contributed by atoms with E-state index in [9.17, 15) is 19.8 Å². The summed E-state index contributed by atoms with van der Waals surface area (Å²) in [5.74, 6) is -2.20. The van der Waals surface area contributed by atoms with Gasteiger partial charge in [-0.25, -0.2) is 0 Å². The van der Waals surface area contributed by atoms with E-state index in [0.717, 1.165) is 0 Å². The van der Waals surface area contributed by atoms with Crippen LogP contribution in [0.15, 0.2) is 0 Å². The molecule has 0 spiro atoms. The number of rotatable bonds is 7. The van der Waals surface area contributed by atoms with Gasteiger partial charge in [0.15, 0.2) is 0 Å². The first-order valence-electron chi connectivity index (χ1n) is 5.08. The normalized spacial score (nSPS) is 10.0. The summed E-state index contributed by atoms with van der Waals surface area (Å²) in [6.07, 6.45) is 0. The first-order valence-corrected chi connectivity index (χ1v) is 5.08. The number of carbonyl (C=O) groups is 2. The summed E-state index contributed by atoms with van der Waals surface area (Å²) in [5.41, 5.74) is 0. The van der Waals surface area contributed by atoms with Crippen molar-refractivity contribution in [1.82, 2.24) is 0 Å². The third-order valence-corrected chi connectivity index (χ3v) is 2.42. The van der Waals surface area contributed by atoms with Crippen molar-refractivity contribution in [3.05, 3.63) is 0 Å². The van der Waals surface area contributed by atoms with Crippen molar-refractivity contribution in [3.8, 4) is 0 Å². The maximum absolute atomic E-state index is 10.5. The Morgan fingerprint density at radius 3 is 1.10 bits per heavy atom. The van der Waals surface area contributed by atoms with E-state index in [0.29, 0.717) is 13.1 Å². The van der Waals surface area contributed by atoms with Gasteiger partial charge in [0, 0.05) is 0 Å². The third-order valence-electron chi connectivity index (χ3n) is 2.42. The Hall–Kier alpha value is 1.44. The van der Waals surface area contributed by atoms with Crippen molar-refractivity contribution >= 4 is 11.9 Å². The molecule has 0 saturated carbocycles. The molecule has 0 rings (SSSR count). The van der Waals surface area contributed by atoms with E-state index in [1.807, 2.05) is 0 Å². The molecule has 0 unspecified atom stereocenters. The number of carbonyl (C=O) groups excluding carboxylic acids is 2. The fourth-order valence-electron chi connectivity index (χ4n) is 1.40. The van der Waals surface area contributed by atoms with Crippen LogP contribution in [0, 0.1) is 0 Å². The van der Waals surface area contributed by atoms with Gasteiger partial charge in [0.25, 0.3) is 0 Å². The summed E-state index contributed by atoms with van der Waals surface area (Å²) in [5, 5.41) is 21.0. The van der Waals surface area contributed by atoms with E-state index in [2.05, 4.69) is 0 Å². The van der Waals surface area contributed by atoms with Gasteiger partial charge in [0.2, 0.25) is 0 Å². The van der Waals surface area contributed by atoms with E-state index in [4.69, 9.17) is 0 Å². The molecular formula is C10H20Cl2N2Na2O4. The number of hydrogen-bond acceptors (Lipinski definition) is 4. The summed E-state index contributed by atoms with van der Waals surface area (Å²) in [6.45, 7) is 0.971. The summed E-state index contributed by atoms with van der Waals surface area (Å²) in [6, 6.07) is 0. The molecule has 0 N–H and O–H groups in total. The van der Waals surface area contributed by atoms with Crippen LogP contribution in [0.25, 0.3) is 0 Å². The Labute approximate surface area is 177 Å². The number of quaternary nitrogens is 2. The molecule has 6 nitrogen and oxygen atoms in total. The fourth-order valence-corrected chi connectivity index (χ4v) is 1.40. The molecule has 0 atom stereocenters. The van der Waals surface area contributed by atoms with Gasteiger partial charge in [0.05, 0.1) is 40.1 Å². The molecule has 0 aromatic carbocycles. The van der Waals surface area contributed by atoms with Crippen LogP contribution >= 0.6 is 0 Å². The molecule has 0 radical (unpaired) electrons. The third kappa shape index (κ3) is 19.4. The summed E-state index contributed by atoms with van der Waals surface area (Å²) in [4.78, 5) is 21.0. The smallest absolute Gasteiger partial charge is 1.00 e. The summed E-state index contributed by atoms with van der Waals surface area (Å²) >= 11 is 0. The monoisotopic (exact) mass is 348 g/mol. The predicted octanol–water partition coefficient (Wildman–Crippen LogP) is -15.3. The largest absolute Gasteiger partial charge is 1.00 e. The predicted molar refractivity (Wildman–Crippen MR) is 53.7 cm³/mol. The quantitative estimate of drug-likeness (QED) is 0.338. The Bertz CT molecular complexity index is 264. The number of nitrogens with zero attached hydrogens (tertiary/aromatic N) is 2. The van der Waals surface area contributed by atoms with Crippen molar-refractivity contribution in [1.29, 1.82) is 0 Å². The van der Waals surface area contributed by atoms with Crippen molar-refractivity contribution in [2.45, 2.75) is 0 Å². The number of carboxylic acids is 2. The average molecular weight is 349 g/mol. The molecule has 0 aromatic heterocycles. The van der Waals surface area contributed by atoms with Gasteiger partial charge < -0.3 is 53.6 Å². The summed E-state index contributed by atoms with van der Waals surface area (Å²) in [7, 11) is 7.09. The fraction of sp³-hybridized carbons (Fsp3) is 0.800. The number of hydrogen-bond donors (Lipinski definition) is 0. The second-order valence-electron chi connectivity index (χ2n) is 5.38. The van der Waals surface area contributed by atoms with Crippen LogP contribution in [0.2, 0.25) is 0 Å². The number of halogens is 2. The maximum atomic E-state index is 10.5. The van der Waals surface area contributed by atoms with Crippen molar-refractivity contribution < 1.29 is 113 Å². The van der Waals surface area contributed by atoms with Gasteiger partial charge in [-0.05, 0) is 0 Å². The van der Waals surface area contributed by atoms with Crippen molar-refractivity contribution in [3.63, 3.8) is 0 Å².